The Balaban J connectivity index is 1.98. The SMILES string of the molecule is Cc1csc(C(C)NC(=O)Nc2cccc(C(=O)O)c2)n1. The molecule has 6 nitrogen and oxygen atoms in total. The van der Waals surface area contributed by atoms with Crippen molar-refractivity contribution in [2.45, 2.75) is 19.9 Å². The molecule has 0 aliphatic carbocycles. The Bertz CT molecular complexity index is 669. The summed E-state index contributed by atoms with van der Waals surface area (Å²) in [6, 6.07) is 5.45. The smallest absolute Gasteiger partial charge is 0.335 e. The fourth-order valence-electron chi connectivity index (χ4n) is 1.73. The van der Waals surface area contributed by atoms with Crippen molar-refractivity contribution < 1.29 is 14.7 Å². The zero-order valence-electron chi connectivity index (χ0n) is 11.6. The van der Waals surface area contributed by atoms with Crippen molar-refractivity contribution in [2.24, 2.45) is 0 Å². The Morgan fingerprint density at radius 3 is 2.76 bits per heavy atom. The van der Waals surface area contributed by atoms with Gasteiger partial charge in [0.1, 0.15) is 5.01 Å². The molecule has 1 heterocycles. The molecular formula is C14H15N3O3S. The number of nitrogens with one attached hydrogen (secondary N) is 2. The van der Waals surface area contributed by atoms with Crippen LogP contribution in [0.15, 0.2) is 29.6 Å². The maximum absolute atomic E-state index is 11.9. The number of aromatic nitrogens is 1. The van der Waals surface area contributed by atoms with Crippen LogP contribution in [0.2, 0.25) is 0 Å². The molecule has 2 rings (SSSR count). The lowest BCUT2D eigenvalue weighted by molar-refractivity contribution is 0.0697. The van der Waals surface area contributed by atoms with Crippen LogP contribution in [0, 0.1) is 6.92 Å². The van der Waals surface area contributed by atoms with E-state index in [1.807, 2.05) is 19.2 Å². The zero-order chi connectivity index (χ0) is 15.4. The number of benzene rings is 1. The Hall–Kier alpha value is -2.41. The summed E-state index contributed by atoms with van der Waals surface area (Å²) in [7, 11) is 0. The van der Waals surface area contributed by atoms with Crippen molar-refractivity contribution in [2.75, 3.05) is 5.32 Å². The fraction of sp³-hybridized carbons (Fsp3) is 0.214. The Labute approximate surface area is 125 Å². The summed E-state index contributed by atoms with van der Waals surface area (Å²) in [5.74, 6) is -1.04. The molecule has 0 bridgehead atoms. The molecule has 0 saturated heterocycles. The van der Waals surface area contributed by atoms with Gasteiger partial charge in [-0.1, -0.05) is 6.07 Å². The number of urea groups is 1. The Morgan fingerprint density at radius 1 is 1.38 bits per heavy atom. The van der Waals surface area contributed by atoms with Crippen LogP contribution in [0.5, 0.6) is 0 Å². The molecule has 0 spiro atoms. The van der Waals surface area contributed by atoms with Crippen LogP contribution in [-0.2, 0) is 0 Å². The number of aromatic carboxylic acids is 1. The first kappa shape index (κ1) is 15.0. The highest BCUT2D eigenvalue weighted by Gasteiger charge is 2.13. The summed E-state index contributed by atoms with van der Waals surface area (Å²) < 4.78 is 0. The van der Waals surface area contributed by atoms with Gasteiger partial charge in [-0.05, 0) is 32.0 Å². The third kappa shape index (κ3) is 4.03. The van der Waals surface area contributed by atoms with E-state index in [1.165, 1.54) is 23.5 Å². The molecule has 7 heteroatoms. The van der Waals surface area contributed by atoms with Crippen LogP contribution in [0.25, 0.3) is 0 Å². The second-order valence-corrected chi connectivity index (χ2v) is 5.42. The lowest BCUT2D eigenvalue weighted by Crippen LogP contribution is -2.31. The summed E-state index contributed by atoms with van der Waals surface area (Å²) in [5.41, 5.74) is 1.46. The van der Waals surface area contributed by atoms with E-state index in [0.29, 0.717) is 5.69 Å². The third-order valence-electron chi connectivity index (χ3n) is 2.72. The van der Waals surface area contributed by atoms with Crippen LogP contribution in [-0.4, -0.2) is 22.1 Å². The number of amides is 2. The lowest BCUT2D eigenvalue weighted by Gasteiger charge is -2.12. The quantitative estimate of drug-likeness (QED) is 0.809. The Morgan fingerprint density at radius 2 is 2.14 bits per heavy atom. The van der Waals surface area contributed by atoms with Gasteiger partial charge in [0.2, 0.25) is 0 Å². The largest absolute Gasteiger partial charge is 0.478 e. The molecule has 0 fully saturated rings. The summed E-state index contributed by atoms with van der Waals surface area (Å²) in [5, 5.41) is 17.0. The van der Waals surface area contributed by atoms with Crippen molar-refractivity contribution in [3.63, 3.8) is 0 Å². The van der Waals surface area contributed by atoms with E-state index in [-0.39, 0.29) is 11.6 Å². The Kier molecular flexibility index (Phi) is 4.54. The minimum absolute atomic E-state index is 0.122. The van der Waals surface area contributed by atoms with E-state index < -0.39 is 12.0 Å². The number of anilines is 1. The molecule has 110 valence electrons. The fourth-order valence-corrected chi connectivity index (χ4v) is 2.53. The molecule has 1 unspecified atom stereocenters. The number of thiazole rings is 1. The number of carboxylic acids is 1. The average Bonchev–Trinajstić information content (AvgIpc) is 2.85. The van der Waals surface area contributed by atoms with Gasteiger partial charge in [0.25, 0.3) is 0 Å². The second-order valence-electron chi connectivity index (χ2n) is 4.53. The van der Waals surface area contributed by atoms with Gasteiger partial charge in [0.15, 0.2) is 0 Å². The number of carbonyl (C=O) groups excluding carboxylic acids is 1. The number of nitrogens with zero attached hydrogens (tertiary/aromatic N) is 1. The highest BCUT2D eigenvalue weighted by Crippen LogP contribution is 2.17. The summed E-state index contributed by atoms with van der Waals surface area (Å²) in [6.45, 7) is 3.73. The molecule has 1 aromatic heterocycles. The molecule has 3 N–H and O–H groups in total. The van der Waals surface area contributed by atoms with Crippen molar-refractivity contribution in [1.29, 1.82) is 0 Å². The van der Waals surface area contributed by atoms with E-state index in [4.69, 9.17) is 5.11 Å². The number of aryl methyl sites for hydroxylation is 1. The number of hydrogen-bond donors (Lipinski definition) is 3. The van der Waals surface area contributed by atoms with Crippen LogP contribution in [0.3, 0.4) is 0 Å². The highest BCUT2D eigenvalue weighted by atomic mass is 32.1. The number of rotatable bonds is 4. The van der Waals surface area contributed by atoms with Crippen molar-refractivity contribution in [3.8, 4) is 0 Å². The zero-order valence-corrected chi connectivity index (χ0v) is 12.4. The minimum atomic E-state index is -1.04. The molecule has 0 aliphatic heterocycles. The highest BCUT2D eigenvalue weighted by molar-refractivity contribution is 7.09. The number of carboxylic acid groups (broad SMARTS) is 1. The predicted molar refractivity (Wildman–Crippen MR) is 80.8 cm³/mol. The maximum Gasteiger partial charge on any atom is 0.335 e. The first-order valence-electron chi connectivity index (χ1n) is 6.28. The van der Waals surface area contributed by atoms with E-state index in [0.717, 1.165) is 10.7 Å². The first-order chi connectivity index (χ1) is 9.95. The van der Waals surface area contributed by atoms with Gasteiger partial charge in [0.05, 0.1) is 11.6 Å². The van der Waals surface area contributed by atoms with E-state index in [2.05, 4.69) is 15.6 Å². The van der Waals surface area contributed by atoms with Crippen LogP contribution < -0.4 is 10.6 Å². The monoisotopic (exact) mass is 305 g/mol. The molecule has 0 aliphatic rings. The van der Waals surface area contributed by atoms with Gasteiger partial charge in [-0.3, -0.25) is 0 Å². The topological polar surface area (TPSA) is 91.3 Å². The second kappa shape index (κ2) is 6.36. The predicted octanol–water partition coefficient (Wildman–Crippen LogP) is 3.03. The van der Waals surface area contributed by atoms with Gasteiger partial charge in [-0.2, -0.15) is 0 Å². The molecular weight excluding hydrogens is 290 g/mol. The van der Waals surface area contributed by atoms with E-state index in [9.17, 15) is 9.59 Å². The van der Waals surface area contributed by atoms with Crippen LogP contribution >= 0.6 is 11.3 Å². The number of carbonyl (C=O) groups is 2. The van der Waals surface area contributed by atoms with Crippen molar-refractivity contribution in [3.05, 3.63) is 45.9 Å². The van der Waals surface area contributed by atoms with Crippen molar-refractivity contribution in [1.82, 2.24) is 10.3 Å². The average molecular weight is 305 g/mol. The molecule has 21 heavy (non-hydrogen) atoms. The lowest BCUT2D eigenvalue weighted by atomic mass is 10.2. The third-order valence-corrected chi connectivity index (χ3v) is 3.87. The van der Waals surface area contributed by atoms with Gasteiger partial charge in [0, 0.05) is 16.8 Å². The molecule has 0 radical (unpaired) electrons. The summed E-state index contributed by atoms with van der Waals surface area (Å²) >= 11 is 1.48. The maximum atomic E-state index is 11.9. The van der Waals surface area contributed by atoms with Gasteiger partial charge < -0.3 is 15.7 Å². The van der Waals surface area contributed by atoms with Crippen LogP contribution in [0.4, 0.5) is 10.5 Å². The van der Waals surface area contributed by atoms with Gasteiger partial charge in [-0.15, -0.1) is 11.3 Å². The summed E-state index contributed by atoms with van der Waals surface area (Å²) in [4.78, 5) is 27.1. The first-order valence-corrected chi connectivity index (χ1v) is 7.16. The molecule has 1 atom stereocenters. The number of hydrogen-bond acceptors (Lipinski definition) is 4. The minimum Gasteiger partial charge on any atom is -0.478 e. The molecule has 1 aromatic carbocycles. The molecule has 2 amide bonds. The molecule has 2 aromatic rings. The van der Waals surface area contributed by atoms with Crippen molar-refractivity contribution >= 4 is 29.0 Å². The van der Waals surface area contributed by atoms with Gasteiger partial charge >= 0.3 is 12.0 Å². The van der Waals surface area contributed by atoms with E-state index >= 15 is 0 Å². The summed E-state index contributed by atoms with van der Waals surface area (Å²) in [6.07, 6.45) is 0. The molecule has 0 saturated carbocycles. The van der Waals surface area contributed by atoms with Gasteiger partial charge in [-0.25, -0.2) is 14.6 Å². The van der Waals surface area contributed by atoms with Crippen LogP contribution in [0.1, 0.15) is 34.0 Å². The van der Waals surface area contributed by atoms with E-state index in [1.54, 1.807) is 12.1 Å². The standard InChI is InChI=1S/C14H15N3O3S/c1-8-7-21-12(15-8)9(2)16-14(20)17-11-5-3-4-10(6-11)13(18)19/h3-7,9H,1-2H3,(H,18,19)(H2,16,17,20). The normalized spacial score (nSPS) is 11.7.